The van der Waals surface area contributed by atoms with E-state index < -0.39 is 0 Å². The Morgan fingerprint density at radius 3 is 1.64 bits per heavy atom. The average Bonchev–Trinajstić information content (AvgIpc) is 3.00. The lowest BCUT2D eigenvalue weighted by atomic mass is 10.0. The second kappa shape index (κ2) is 17.1. The second-order valence-corrected chi connectivity index (χ2v) is 9.81. The highest BCUT2D eigenvalue weighted by Crippen LogP contribution is 2.24. The van der Waals surface area contributed by atoms with E-state index in [0.717, 1.165) is 5.75 Å². The third-order valence-corrected chi connectivity index (χ3v) is 6.84. The Labute approximate surface area is 178 Å². The van der Waals surface area contributed by atoms with Crippen molar-refractivity contribution in [1.82, 2.24) is 4.57 Å². The summed E-state index contributed by atoms with van der Waals surface area (Å²) in [5, 5.41) is 19.9. The molecule has 0 fully saturated rings. The van der Waals surface area contributed by atoms with Crippen LogP contribution in [0.5, 0.6) is 11.8 Å². The number of thioether (sulfide) groups is 1. The van der Waals surface area contributed by atoms with Gasteiger partial charge in [0.1, 0.15) is 0 Å². The highest BCUT2D eigenvalue weighted by Gasteiger charge is 2.07. The standard InChI is InChI=1S/C24H45NO2S/c1-3-4-5-6-7-8-9-10-11-12-13-14-15-16-17-22(2)28-21-20-25-23(26)18-19-24(25)27/h18-19,22,26-27H,3-17,20-21H2,1-2H3. The summed E-state index contributed by atoms with van der Waals surface area (Å²) < 4.78 is 1.56. The van der Waals surface area contributed by atoms with Crippen LogP contribution in [0.25, 0.3) is 0 Å². The monoisotopic (exact) mass is 411 g/mol. The maximum absolute atomic E-state index is 9.63. The van der Waals surface area contributed by atoms with Gasteiger partial charge in [0.15, 0.2) is 11.8 Å². The van der Waals surface area contributed by atoms with Crippen LogP contribution in [0.2, 0.25) is 0 Å². The Hall–Kier alpha value is -0.770. The Morgan fingerprint density at radius 1 is 0.750 bits per heavy atom. The van der Waals surface area contributed by atoms with Crippen LogP contribution in [-0.2, 0) is 6.54 Å². The molecule has 1 aromatic heterocycles. The molecule has 0 aliphatic rings. The molecule has 2 N–H and O–H groups in total. The van der Waals surface area contributed by atoms with E-state index in [4.69, 9.17) is 0 Å². The van der Waals surface area contributed by atoms with E-state index >= 15 is 0 Å². The zero-order chi connectivity index (χ0) is 20.5. The van der Waals surface area contributed by atoms with Crippen LogP contribution in [0.15, 0.2) is 12.1 Å². The molecule has 0 aromatic carbocycles. The smallest absolute Gasteiger partial charge is 0.193 e. The number of aromatic nitrogens is 1. The van der Waals surface area contributed by atoms with Crippen molar-refractivity contribution in [3.8, 4) is 11.8 Å². The van der Waals surface area contributed by atoms with Crippen molar-refractivity contribution in [3.05, 3.63) is 12.1 Å². The molecule has 1 aromatic rings. The minimum Gasteiger partial charge on any atom is -0.494 e. The summed E-state index contributed by atoms with van der Waals surface area (Å²) in [7, 11) is 0. The predicted octanol–water partition coefficient (Wildman–Crippen LogP) is 7.89. The van der Waals surface area contributed by atoms with Gasteiger partial charge in [0.05, 0.1) is 0 Å². The molecule has 28 heavy (non-hydrogen) atoms. The molecule has 0 amide bonds. The van der Waals surface area contributed by atoms with Gasteiger partial charge < -0.3 is 10.2 Å². The van der Waals surface area contributed by atoms with E-state index in [2.05, 4.69) is 13.8 Å². The van der Waals surface area contributed by atoms with Crippen LogP contribution < -0.4 is 0 Å². The highest BCUT2D eigenvalue weighted by atomic mass is 32.2. The number of rotatable bonds is 19. The molecule has 1 unspecified atom stereocenters. The first-order chi connectivity index (χ1) is 13.6. The lowest BCUT2D eigenvalue weighted by molar-refractivity contribution is 0.374. The van der Waals surface area contributed by atoms with Gasteiger partial charge in [-0.3, -0.25) is 4.57 Å². The van der Waals surface area contributed by atoms with Crippen LogP contribution in [0.1, 0.15) is 110 Å². The molecule has 0 aliphatic heterocycles. The number of hydrogen-bond acceptors (Lipinski definition) is 3. The summed E-state index contributed by atoms with van der Waals surface area (Å²) in [6, 6.07) is 3.08. The van der Waals surface area contributed by atoms with E-state index in [1.807, 2.05) is 11.8 Å². The van der Waals surface area contributed by atoms with Crippen LogP contribution in [0.3, 0.4) is 0 Å². The maximum atomic E-state index is 9.63. The third kappa shape index (κ3) is 12.6. The summed E-state index contributed by atoms with van der Waals surface area (Å²) in [5.74, 6) is 1.23. The van der Waals surface area contributed by atoms with Crippen molar-refractivity contribution < 1.29 is 10.2 Å². The van der Waals surface area contributed by atoms with Crippen LogP contribution in [-0.4, -0.2) is 25.8 Å². The van der Waals surface area contributed by atoms with Crippen molar-refractivity contribution in [3.63, 3.8) is 0 Å². The fraction of sp³-hybridized carbons (Fsp3) is 0.833. The lowest BCUT2D eigenvalue weighted by Gasteiger charge is -2.12. The third-order valence-electron chi connectivity index (χ3n) is 5.62. The predicted molar refractivity (Wildman–Crippen MR) is 125 cm³/mol. The molecule has 1 rings (SSSR count). The SMILES string of the molecule is CCCCCCCCCCCCCCCCC(C)SCCn1c(O)ccc1O. The first kappa shape index (κ1) is 25.3. The van der Waals surface area contributed by atoms with Gasteiger partial charge in [0, 0.05) is 29.7 Å². The van der Waals surface area contributed by atoms with Gasteiger partial charge in [-0.15, -0.1) is 0 Å². The van der Waals surface area contributed by atoms with Gasteiger partial charge >= 0.3 is 0 Å². The van der Waals surface area contributed by atoms with Crippen molar-refractivity contribution in [2.24, 2.45) is 0 Å². The van der Waals surface area contributed by atoms with Crippen molar-refractivity contribution in [2.45, 2.75) is 122 Å². The number of nitrogens with zero attached hydrogens (tertiary/aromatic N) is 1. The van der Waals surface area contributed by atoms with E-state index in [9.17, 15) is 10.2 Å². The van der Waals surface area contributed by atoms with Crippen molar-refractivity contribution in [2.75, 3.05) is 5.75 Å². The maximum Gasteiger partial charge on any atom is 0.193 e. The first-order valence-corrected chi connectivity index (χ1v) is 12.9. The summed E-state index contributed by atoms with van der Waals surface area (Å²) in [4.78, 5) is 0. The molecule has 3 nitrogen and oxygen atoms in total. The number of unbranched alkanes of at least 4 members (excludes halogenated alkanes) is 13. The summed E-state index contributed by atoms with van der Waals surface area (Å²) >= 11 is 1.93. The molecule has 0 bridgehead atoms. The quantitative estimate of drug-likeness (QED) is 0.227. The van der Waals surface area contributed by atoms with Gasteiger partial charge in [-0.2, -0.15) is 11.8 Å². The van der Waals surface area contributed by atoms with Crippen molar-refractivity contribution in [1.29, 1.82) is 0 Å². The fourth-order valence-electron chi connectivity index (χ4n) is 3.73. The van der Waals surface area contributed by atoms with Gasteiger partial charge in [0.2, 0.25) is 0 Å². The average molecular weight is 412 g/mol. The Kier molecular flexibility index (Phi) is 15.4. The molecular formula is C24H45NO2S. The van der Waals surface area contributed by atoms with Gasteiger partial charge in [-0.05, 0) is 6.42 Å². The Bertz CT molecular complexity index is 456. The van der Waals surface area contributed by atoms with E-state index in [1.165, 1.54) is 108 Å². The summed E-state index contributed by atoms with van der Waals surface area (Å²) in [5.41, 5.74) is 0. The molecule has 0 aliphatic carbocycles. The molecule has 1 heterocycles. The van der Waals surface area contributed by atoms with Crippen LogP contribution >= 0.6 is 11.8 Å². The number of hydrogen-bond donors (Lipinski definition) is 2. The Morgan fingerprint density at radius 2 is 1.18 bits per heavy atom. The minimum atomic E-state index is 0.151. The van der Waals surface area contributed by atoms with Crippen molar-refractivity contribution >= 4 is 11.8 Å². The van der Waals surface area contributed by atoms with Gasteiger partial charge in [-0.25, -0.2) is 0 Å². The second-order valence-electron chi connectivity index (χ2n) is 8.27. The molecule has 1 atom stereocenters. The molecule has 0 saturated heterocycles. The van der Waals surface area contributed by atoms with E-state index in [-0.39, 0.29) is 11.8 Å². The molecule has 164 valence electrons. The first-order valence-electron chi connectivity index (χ1n) is 11.8. The molecule has 4 heteroatoms. The zero-order valence-corrected chi connectivity index (χ0v) is 19.3. The van der Waals surface area contributed by atoms with Crippen LogP contribution in [0, 0.1) is 0 Å². The zero-order valence-electron chi connectivity index (χ0n) is 18.5. The highest BCUT2D eigenvalue weighted by molar-refractivity contribution is 7.99. The molecule has 0 radical (unpaired) electrons. The largest absolute Gasteiger partial charge is 0.494 e. The molecular weight excluding hydrogens is 366 g/mol. The molecule has 0 spiro atoms. The molecule has 0 saturated carbocycles. The summed E-state index contributed by atoms with van der Waals surface area (Å²) in [6.07, 6.45) is 21.0. The van der Waals surface area contributed by atoms with E-state index in [1.54, 1.807) is 4.57 Å². The van der Waals surface area contributed by atoms with Gasteiger partial charge in [-0.1, -0.05) is 104 Å². The topological polar surface area (TPSA) is 45.4 Å². The normalized spacial score (nSPS) is 12.5. The number of aromatic hydroxyl groups is 2. The van der Waals surface area contributed by atoms with Gasteiger partial charge in [0.25, 0.3) is 0 Å². The van der Waals surface area contributed by atoms with Crippen LogP contribution in [0.4, 0.5) is 0 Å². The Balaban J connectivity index is 1.82. The summed E-state index contributed by atoms with van der Waals surface area (Å²) in [6.45, 7) is 5.24. The van der Waals surface area contributed by atoms with E-state index in [0.29, 0.717) is 11.8 Å². The minimum absolute atomic E-state index is 0.151. The fourth-order valence-corrected chi connectivity index (χ4v) is 4.75. The lowest BCUT2D eigenvalue weighted by Crippen LogP contribution is -2.03.